The Hall–Kier alpha value is -2.85. The molecular weight excluding hydrogens is 350 g/mol. The van der Waals surface area contributed by atoms with Crippen molar-refractivity contribution in [1.82, 2.24) is 4.90 Å². The van der Waals surface area contributed by atoms with Gasteiger partial charge < -0.3 is 14.7 Å². The molecule has 0 aromatic heterocycles. The van der Waals surface area contributed by atoms with Crippen molar-refractivity contribution in [2.24, 2.45) is 0 Å². The molecule has 4 nitrogen and oxygen atoms in total. The standard InChI is InChI=1S/C24H27NO3/c1-16-5-7-18(8-6-16)9-10-20(26)23-21(28-4)15-17(2)22(24(23)27)19-11-13-25(3)14-12-19/h5-11,15,27H,12-14H2,1-4H3/b10-9+. The van der Waals surface area contributed by atoms with Crippen LogP contribution in [0.25, 0.3) is 11.6 Å². The Kier molecular flexibility index (Phi) is 6.00. The summed E-state index contributed by atoms with van der Waals surface area (Å²) >= 11 is 0. The first-order chi connectivity index (χ1) is 13.4. The number of ketones is 1. The second kappa shape index (κ2) is 8.44. The van der Waals surface area contributed by atoms with E-state index in [0.29, 0.717) is 5.75 Å². The fourth-order valence-electron chi connectivity index (χ4n) is 3.50. The SMILES string of the molecule is COc1cc(C)c(C2=CCN(C)CC2)c(O)c1C(=O)/C=C/c1ccc(C)cc1. The Labute approximate surface area is 166 Å². The van der Waals surface area contributed by atoms with Crippen LogP contribution in [0.3, 0.4) is 0 Å². The summed E-state index contributed by atoms with van der Waals surface area (Å²) in [4.78, 5) is 15.1. The Bertz CT molecular complexity index is 939. The fraction of sp³-hybridized carbons (Fsp3) is 0.292. The number of aromatic hydroxyl groups is 1. The average molecular weight is 377 g/mol. The summed E-state index contributed by atoms with van der Waals surface area (Å²) in [7, 11) is 3.59. The molecule has 0 amide bonds. The van der Waals surface area contributed by atoms with Crippen molar-refractivity contribution in [2.45, 2.75) is 20.3 Å². The minimum atomic E-state index is -0.273. The third-order valence-electron chi connectivity index (χ3n) is 5.17. The molecule has 1 aliphatic rings. The van der Waals surface area contributed by atoms with E-state index in [4.69, 9.17) is 4.74 Å². The number of carbonyl (C=O) groups is 1. The van der Waals surface area contributed by atoms with E-state index in [2.05, 4.69) is 18.0 Å². The van der Waals surface area contributed by atoms with Crippen LogP contribution in [-0.2, 0) is 0 Å². The van der Waals surface area contributed by atoms with Crippen molar-refractivity contribution in [3.05, 3.63) is 70.3 Å². The van der Waals surface area contributed by atoms with E-state index in [1.165, 1.54) is 13.2 Å². The molecule has 1 aliphatic heterocycles. The lowest BCUT2D eigenvalue weighted by molar-refractivity contribution is 0.104. The summed E-state index contributed by atoms with van der Waals surface area (Å²) in [5, 5.41) is 11.0. The number of methoxy groups -OCH3 is 1. The number of ether oxygens (including phenoxy) is 1. The minimum absolute atomic E-state index is 0.00575. The summed E-state index contributed by atoms with van der Waals surface area (Å²) in [6, 6.07) is 9.75. The van der Waals surface area contributed by atoms with Gasteiger partial charge in [-0.1, -0.05) is 42.0 Å². The van der Waals surface area contributed by atoms with E-state index in [1.807, 2.05) is 44.2 Å². The highest BCUT2D eigenvalue weighted by Gasteiger charge is 2.24. The number of nitrogens with zero attached hydrogens (tertiary/aromatic N) is 1. The lowest BCUT2D eigenvalue weighted by atomic mass is 9.90. The third kappa shape index (κ3) is 4.18. The third-order valence-corrected chi connectivity index (χ3v) is 5.17. The van der Waals surface area contributed by atoms with Gasteiger partial charge in [-0.05, 0) is 56.2 Å². The van der Waals surface area contributed by atoms with E-state index in [1.54, 1.807) is 6.08 Å². The number of phenols is 1. The Balaban J connectivity index is 2.00. The van der Waals surface area contributed by atoms with Gasteiger partial charge in [-0.2, -0.15) is 0 Å². The van der Waals surface area contributed by atoms with Gasteiger partial charge in [0.05, 0.1) is 7.11 Å². The van der Waals surface area contributed by atoms with Crippen LogP contribution in [0.15, 0.2) is 42.5 Å². The molecule has 0 unspecified atom stereocenters. The minimum Gasteiger partial charge on any atom is -0.506 e. The van der Waals surface area contributed by atoms with Gasteiger partial charge in [-0.15, -0.1) is 0 Å². The normalized spacial score (nSPS) is 14.9. The second-order valence-corrected chi connectivity index (χ2v) is 7.34. The molecule has 1 N–H and O–H groups in total. The summed E-state index contributed by atoms with van der Waals surface area (Å²) < 4.78 is 5.41. The van der Waals surface area contributed by atoms with Crippen molar-refractivity contribution in [1.29, 1.82) is 0 Å². The van der Waals surface area contributed by atoms with Crippen molar-refractivity contribution in [3.63, 3.8) is 0 Å². The van der Waals surface area contributed by atoms with Gasteiger partial charge in [-0.25, -0.2) is 0 Å². The zero-order valence-corrected chi connectivity index (χ0v) is 17.0. The molecule has 0 fully saturated rings. The number of phenolic OH excluding ortho intramolecular Hbond substituents is 1. The highest BCUT2D eigenvalue weighted by atomic mass is 16.5. The molecule has 0 spiro atoms. The molecule has 4 heteroatoms. The molecule has 0 atom stereocenters. The van der Waals surface area contributed by atoms with Crippen molar-refractivity contribution >= 4 is 17.4 Å². The van der Waals surface area contributed by atoms with Gasteiger partial charge in [0.25, 0.3) is 0 Å². The molecule has 2 aromatic rings. The fourth-order valence-corrected chi connectivity index (χ4v) is 3.50. The van der Waals surface area contributed by atoms with Gasteiger partial charge >= 0.3 is 0 Å². The molecule has 0 radical (unpaired) electrons. The van der Waals surface area contributed by atoms with Crippen LogP contribution in [0.4, 0.5) is 0 Å². The highest BCUT2D eigenvalue weighted by Crippen LogP contribution is 2.40. The maximum Gasteiger partial charge on any atom is 0.193 e. The summed E-state index contributed by atoms with van der Waals surface area (Å²) in [6.07, 6.45) is 6.21. The van der Waals surface area contributed by atoms with E-state index in [9.17, 15) is 9.90 Å². The molecule has 3 rings (SSSR count). The van der Waals surface area contributed by atoms with Crippen LogP contribution in [0, 0.1) is 13.8 Å². The number of carbonyl (C=O) groups excluding carboxylic acids is 1. The van der Waals surface area contributed by atoms with Crippen LogP contribution in [0.5, 0.6) is 11.5 Å². The lowest BCUT2D eigenvalue weighted by Gasteiger charge is -2.24. The predicted molar refractivity (Wildman–Crippen MR) is 114 cm³/mol. The number of aryl methyl sites for hydroxylation is 2. The topological polar surface area (TPSA) is 49.8 Å². The van der Waals surface area contributed by atoms with Crippen LogP contribution in [0.1, 0.15) is 39.0 Å². The average Bonchev–Trinajstić information content (AvgIpc) is 2.68. The largest absolute Gasteiger partial charge is 0.506 e. The molecule has 28 heavy (non-hydrogen) atoms. The van der Waals surface area contributed by atoms with E-state index < -0.39 is 0 Å². The van der Waals surface area contributed by atoms with Crippen molar-refractivity contribution < 1.29 is 14.6 Å². The first kappa shape index (κ1) is 19.9. The van der Waals surface area contributed by atoms with Gasteiger partial charge in [0.15, 0.2) is 5.78 Å². The Morgan fingerprint density at radius 2 is 1.93 bits per heavy atom. The highest BCUT2D eigenvalue weighted by molar-refractivity contribution is 6.11. The molecule has 146 valence electrons. The molecule has 0 saturated heterocycles. The number of hydrogen-bond donors (Lipinski definition) is 1. The number of allylic oxidation sites excluding steroid dienone is 1. The maximum atomic E-state index is 12.9. The predicted octanol–water partition coefficient (Wildman–Crippen LogP) is 4.63. The lowest BCUT2D eigenvalue weighted by Crippen LogP contribution is -2.24. The maximum absolute atomic E-state index is 12.9. The van der Waals surface area contributed by atoms with E-state index >= 15 is 0 Å². The van der Waals surface area contributed by atoms with Gasteiger partial charge in [0.1, 0.15) is 17.1 Å². The number of rotatable bonds is 5. The van der Waals surface area contributed by atoms with Crippen LogP contribution >= 0.6 is 0 Å². The Morgan fingerprint density at radius 1 is 1.21 bits per heavy atom. The first-order valence-corrected chi connectivity index (χ1v) is 9.48. The van der Waals surface area contributed by atoms with Crippen LogP contribution < -0.4 is 4.74 Å². The van der Waals surface area contributed by atoms with Gasteiger partial charge in [0, 0.05) is 18.7 Å². The number of hydrogen-bond acceptors (Lipinski definition) is 4. The summed E-state index contributed by atoms with van der Waals surface area (Å²) in [5.74, 6) is 0.127. The van der Waals surface area contributed by atoms with Gasteiger partial charge in [-0.3, -0.25) is 4.79 Å². The molecule has 0 bridgehead atoms. The van der Waals surface area contributed by atoms with E-state index in [0.717, 1.165) is 47.3 Å². The summed E-state index contributed by atoms with van der Waals surface area (Å²) in [5.41, 5.74) is 5.05. The zero-order valence-electron chi connectivity index (χ0n) is 17.0. The quantitative estimate of drug-likeness (QED) is 0.610. The van der Waals surface area contributed by atoms with Crippen molar-refractivity contribution in [2.75, 3.05) is 27.2 Å². The van der Waals surface area contributed by atoms with Crippen molar-refractivity contribution in [3.8, 4) is 11.5 Å². The summed E-state index contributed by atoms with van der Waals surface area (Å²) in [6.45, 7) is 5.71. The number of benzene rings is 2. The molecule has 0 saturated carbocycles. The van der Waals surface area contributed by atoms with Crippen LogP contribution in [-0.4, -0.2) is 43.0 Å². The monoisotopic (exact) mass is 377 g/mol. The van der Waals surface area contributed by atoms with E-state index in [-0.39, 0.29) is 17.1 Å². The first-order valence-electron chi connectivity index (χ1n) is 9.48. The zero-order chi connectivity index (χ0) is 20.3. The Morgan fingerprint density at radius 3 is 2.54 bits per heavy atom. The molecule has 2 aromatic carbocycles. The molecular formula is C24H27NO3. The van der Waals surface area contributed by atoms with Crippen LogP contribution in [0.2, 0.25) is 0 Å². The van der Waals surface area contributed by atoms with Gasteiger partial charge in [0.2, 0.25) is 0 Å². The number of likely N-dealkylation sites (N-methyl/N-ethyl adjacent to an activating group) is 1. The second-order valence-electron chi connectivity index (χ2n) is 7.34. The smallest absolute Gasteiger partial charge is 0.193 e. The molecule has 0 aliphatic carbocycles. The molecule has 1 heterocycles.